The molecule has 0 aromatic heterocycles. The quantitative estimate of drug-likeness (QED) is 0.549. The van der Waals surface area contributed by atoms with E-state index in [0.29, 0.717) is 23.9 Å². The Labute approximate surface area is 197 Å². The zero-order valence-electron chi connectivity index (χ0n) is 18.2. The normalized spacial score (nSPS) is 18.6. The van der Waals surface area contributed by atoms with Crippen LogP contribution in [0.5, 0.6) is 0 Å². The molecule has 7 heteroatoms. The Hall–Kier alpha value is -2.51. The molecule has 2 aliphatic rings. The monoisotopic (exact) mass is 466 g/mol. The number of benzene rings is 2. The highest BCUT2D eigenvalue weighted by atomic mass is 32.2. The molecule has 3 amide bonds. The predicted molar refractivity (Wildman–Crippen MR) is 129 cm³/mol. The van der Waals surface area contributed by atoms with E-state index in [-0.39, 0.29) is 17.7 Å². The van der Waals surface area contributed by atoms with Gasteiger partial charge in [0.1, 0.15) is 6.54 Å². The molecule has 2 aliphatic heterocycles. The number of carbonyl (C=O) groups is 3. The molecule has 0 aliphatic carbocycles. The molecule has 166 valence electrons. The second kappa shape index (κ2) is 9.96. The van der Waals surface area contributed by atoms with Gasteiger partial charge in [0, 0.05) is 22.9 Å². The van der Waals surface area contributed by atoms with Crippen LogP contribution in [0.2, 0.25) is 0 Å². The van der Waals surface area contributed by atoms with Crippen molar-refractivity contribution in [3.63, 3.8) is 0 Å². The molecule has 0 saturated carbocycles. The number of likely N-dealkylation sites (tertiary alicyclic amines) is 1. The zero-order chi connectivity index (χ0) is 22.7. The maximum atomic E-state index is 12.8. The third-order valence-corrected chi connectivity index (χ3v) is 7.66. The summed E-state index contributed by atoms with van der Waals surface area (Å²) in [5.41, 5.74) is 2.07. The highest BCUT2D eigenvalue weighted by molar-refractivity contribution is 8.18. The lowest BCUT2D eigenvalue weighted by Gasteiger charge is -2.31. The summed E-state index contributed by atoms with van der Waals surface area (Å²) in [5, 5.41) is -0.383. The van der Waals surface area contributed by atoms with Crippen LogP contribution >= 0.6 is 23.5 Å². The number of imide groups is 1. The number of rotatable bonds is 5. The molecule has 2 saturated heterocycles. The van der Waals surface area contributed by atoms with Crippen molar-refractivity contribution in [1.29, 1.82) is 0 Å². The van der Waals surface area contributed by atoms with Crippen molar-refractivity contribution in [2.75, 3.05) is 19.6 Å². The third-order valence-electron chi connectivity index (χ3n) is 5.74. The van der Waals surface area contributed by atoms with Gasteiger partial charge in [0.25, 0.3) is 11.1 Å². The first kappa shape index (κ1) is 22.7. The van der Waals surface area contributed by atoms with Gasteiger partial charge in [0.15, 0.2) is 0 Å². The highest BCUT2D eigenvalue weighted by Gasteiger charge is 2.37. The van der Waals surface area contributed by atoms with Crippen molar-refractivity contribution >= 4 is 46.7 Å². The van der Waals surface area contributed by atoms with Crippen molar-refractivity contribution < 1.29 is 14.4 Å². The fourth-order valence-corrected chi connectivity index (χ4v) is 5.31. The number of piperidine rings is 1. The number of aryl methyl sites for hydroxylation is 1. The van der Waals surface area contributed by atoms with Crippen molar-refractivity contribution in [3.8, 4) is 0 Å². The summed E-state index contributed by atoms with van der Waals surface area (Å²) in [7, 11) is 0. The van der Waals surface area contributed by atoms with Crippen LogP contribution in [0.4, 0.5) is 4.79 Å². The average molecular weight is 467 g/mol. The molecule has 4 rings (SSSR count). The Bertz CT molecular complexity index is 1040. The number of nitrogens with zero attached hydrogens (tertiary/aromatic N) is 2. The van der Waals surface area contributed by atoms with Crippen molar-refractivity contribution in [3.05, 3.63) is 64.6 Å². The Kier molecular flexibility index (Phi) is 7.06. The smallest absolute Gasteiger partial charge is 0.294 e. The molecule has 2 fully saturated rings. The molecular formula is C25H26N2O3S2. The first-order valence-electron chi connectivity index (χ1n) is 10.8. The summed E-state index contributed by atoms with van der Waals surface area (Å²) >= 11 is 2.57. The molecule has 32 heavy (non-hydrogen) atoms. The van der Waals surface area contributed by atoms with Gasteiger partial charge in [-0.3, -0.25) is 19.3 Å². The Morgan fingerprint density at radius 1 is 1.03 bits per heavy atom. The van der Waals surface area contributed by atoms with E-state index in [0.717, 1.165) is 44.9 Å². The van der Waals surface area contributed by atoms with Crippen LogP contribution in [-0.2, 0) is 9.59 Å². The molecule has 2 aromatic rings. The first-order valence-corrected chi connectivity index (χ1v) is 12.4. The fourth-order valence-electron chi connectivity index (χ4n) is 3.66. The van der Waals surface area contributed by atoms with Gasteiger partial charge >= 0.3 is 0 Å². The molecule has 0 radical (unpaired) electrons. The summed E-state index contributed by atoms with van der Waals surface area (Å²) in [6.07, 6.45) is 3.65. The third kappa shape index (κ3) is 5.45. The summed E-state index contributed by atoms with van der Waals surface area (Å²) in [4.78, 5) is 43.2. The largest absolute Gasteiger partial charge is 0.341 e. The van der Waals surface area contributed by atoms with Crippen LogP contribution in [0.3, 0.4) is 0 Å². The number of hydrogen-bond acceptors (Lipinski definition) is 5. The van der Waals surface area contributed by atoms with E-state index in [1.807, 2.05) is 24.3 Å². The van der Waals surface area contributed by atoms with Crippen molar-refractivity contribution in [1.82, 2.24) is 9.80 Å². The molecule has 2 aromatic carbocycles. The van der Waals surface area contributed by atoms with E-state index in [2.05, 4.69) is 38.1 Å². The van der Waals surface area contributed by atoms with Crippen LogP contribution in [0.1, 0.15) is 30.9 Å². The highest BCUT2D eigenvalue weighted by Crippen LogP contribution is 2.33. The summed E-state index contributed by atoms with van der Waals surface area (Å²) in [6, 6.07) is 16.2. The minimum Gasteiger partial charge on any atom is -0.341 e. The molecule has 0 atom stereocenters. The lowest BCUT2D eigenvalue weighted by Crippen LogP contribution is -2.45. The minimum absolute atomic E-state index is 0.155. The van der Waals surface area contributed by atoms with Gasteiger partial charge in [-0.2, -0.15) is 0 Å². The predicted octanol–water partition coefficient (Wildman–Crippen LogP) is 5.44. The minimum atomic E-state index is -0.392. The lowest BCUT2D eigenvalue weighted by atomic mass is 9.99. The molecule has 0 spiro atoms. The van der Waals surface area contributed by atoms with Gasteiger partial charge in [0.05, 0.1) is 4.91 Å². The maximum Gasteiger partial charge on any atom is 0.294 e. The summed E-state index contributed by atoms with van der Waals surface area (Å²) in [5.74, 6) is 0.0654. The van der Waals surface area contributed by atoms with E-state index in [1.165, 1.54) is 5.56 Å². The standard InChI is InChI=1S/C25H26N2O3S2/c1-17-3-7-20(8-4-17)31-21-9-5-19(6-10-21)15-22-24(29)27(25(30)32-22)16-23(28)26-13-11-18(2)12-14-26/h3-10,15,18H,11-14,16H2,1-2H3/b22-15-. The summed E-state index contributed by atoms with van der Waals surface area (Å²) < 4.78 is 0. The Morgan fingerprint density at radius 3 is 2.25 bits per heavy atom. The van der Waals surface area contributed by atoms with Crippen LogP contribution in [0, 0.1) is 12.8 Å². The number of thioether (sulfide) groups is 1. The van der Waals surface area contributed by atoms with E-state index >= 15 is 0 Å². The van der Waals surface area contributed by atoms with Crippen LogP contribution < -0.4 is 0 Å². The molecule has 0 unspecified atom stereocenters. The zero-order valence-corrected chi connectivity index (χ0v) is 19.9. The number of carbonyl (C=O) groups excluding carboxylic acids is 3. The van der Waals surface area contributed by atoms with Gasteiger partial charge in [-0.15, -0.1) is 0 Å². The van der Waals surface area contributed by atoms with E-state index in [4.69, 9.17) is 0 Å². The second-order valence-electron chi connectivity index (χ2n) is 8.32. The maximum absolute atomic E-state index is 12.8. The van der Waals surface area contributed by atoms with E-state index in [1.54, 1.807) is 22.7 Å². The first-order chi connectivity index (χ1) is 15.4. The Morgan fingerprint density at radius 2 is 1.62 bits per heavy atom. The number of amides is 3. The molecular weight excluding hydrogens is 440 g/mol. The van der Waals surface area contributed by atoms with Crippen LogP contribution in [0.25, 0.3) is 6.08 Å². The van der Waals surface area contributed by atoms with Gasteiger partial charge in [0.2, 0.25) is 5.91 Å². The summed E-state index contributed by atoms with van der Waals surface area (Å²) in [6.45, 7) is 5.45. The van der Waals surface area contributed by atoms with Gasteiger partial charge in [-0.1, -0.05) is 48.5 Å². The molecule has 2 heterocycles. The average Bonchev–Trinajstić information content (AvgIpc) is 3.04. The van der Waals surface area contributed by atoms with Crippen molar-refractivity contribution in [2.45, 2.75) is 36.5 Å². The lowest BCUT2D eigenvalue weighted by molar-refractivity contribution is -0.136. The van der Waals surface area contributed by atoms with Gasteiger partial charge in [-0.05, 0) is 73.4 Å². The Balaban J connectivity index is 1.38. The van der Waals surface area contributed by atoms with Gasteiger partial charge in [-0.25, -0.2) is 0 Å². The topological polar surface area (TPSA) is 57.7 Å². The second-order valence-corrected chi connectivity index (χ2v) is 10.5. The van der Waals surface area contributed by atoms with E-state index < -0.39 is 5.91 Å². The van der Waals surface area contributed by atoms with Crippen LogP contribution in [-0.4, -0.2) is 46.5 Å². The molecule has 5 nitrogen and oxygen atoms in total. The molecule has 0 bridgehead atoms. The van der Waals surface area contributed by atoms with Gasteiger partial charge < -0.3 is 4.90 Å². The molecule has 0 N–H and O–H groups in total. The fraction of sp³-hybridized carbons (Fsp3) is 0.320. The van der Waals surface area contributed by atoms with E-state index in [9.17, 15) is 14.4 Å². The van der Waals surface area contributed by atoms with Crippen LogP contribution in [0.15, 0.2) is 63.2 Å². The SMILES string of the molecule is Cc1ccc(Sc2ccc(/C=C3\SC(=O)N(CC(=O)N4CCC(C)CC4)C3=O)cc2)cc1. The number of hydrogen-bond donors (Lipinski definition) is 0. The van der Waals surface area contributed by atoms with Crippen molar-refractivity contribution in [2.24, 2.45) is 5.92 Å².